The standard InChI is InChI=1S/C17H20N4O3/c1-19(10-9-12-7-5-6-8-14(12)24-4)15-13(11-18)16(22)21(3)17(23)20(15)2/h5-8H,9-10H2,1-4H3. The lowest BCUT2D eigenvalue weighted by Gasteiger charge is -2.23. The Hall–Kier alpha value is -3.01. The predicted molar refractivity (Wildman–Crippen MR) is 91.6 cm³/mol. The number of hydrogen-bond donors (Lipinski definition) is 0. The second kappa shape index (κ2) is 7.04. The molecule has 0 aliphatic carbocycles. The van der Waals surface area contributed by atoms with Crippen LogP contribution in [0.1, 0.15) is 11.1 Å². The molecule has 0 radical (unpaired) electrons. The van der Waals surface area contributed by atoms with E-state index in [1.807, 2.05) is 30.3 Å². The quantitative estimate of drug-likeness (QED) is 0.805. The van der Waals surface area contributed by atoms with Crippen LogP contribution in [-0.4, -0.2) is 29.8 Å². The molecule has 2 rings (SSSR count). The minimum atomic E-state index is -0.584. The molecule has 0 amide bonds. The molecule has 7 heteroatoms. The summed E-state index contributed by atoms with van der Waals surface area (Å²) in [4.78, 5) is 26.0. The number of para-hydroxylation sites is 1. The third-order valence-electron chi connectivity index (χ3n) is 4.02. The molecule has 0 aliphatic rings. The minimum absolute atomic E-state index is 0.0397. The van der Waals surface area contributed by atoms with Gasteiger partial charge in [-0.05, 0) is 18.1 Å². The first kappa shape index (κ1) is 17.3. The lowest BCUT2D eigenvalue weighted by Crippen LogP contribution is -2.42. The van der Waals surface area contributed by atoms with E-state index < -0.39 is 11.2 Å². The Bertz CT molecular complexity index is 906. The van der Waals surface area contributed by atoms with Crippen molar-refractivity contribution in [1.82, 2.24) is 9.13 Å². The zero-order chi connectivity index (χ0) is 17.9. The Balaban J connectivity index is 2.38. The SMILES string of the molecule is COc1ccccc1CCN(C)c1c(C#N)c(=O)n(C)c(=O)n1C. The molecule has 0 N–H and O–H groups in total. The normalized spacial score (nSPS) is 10.3. The Morgan fingerprint density at radius 2 is 1.88 bits per heavy atom. The molecule has 0 unspecified atom stereocenters. The van der Waals surface area contributed by atoms with E-state index in [1.54, 1.807) is 26.1 Å². The van der Waals surface area contributed by atoms with Crippen LogP contribution in [0.3, 0.4) is 0 Å². The number of nitriles is 1. The molecule has 0 fully saturated rings. The van der Waals surface area contributed by atoms with Gasteiger partial charge in [0.15, 0.2) is 5.56 Å². The highest BCUT2D eigenvalue weighted by atomic mass is 16.5. The van der Waals surface area contributed by atoms with Crippen molar-refractivity contribution in [3.8, 4) is 11.8 Å². The molecule has 7 nitrogen and oxygen atoms in total. The molecule has 1 aromatic heterocycles. The predicted octanol–water partition coefficient (Wildman–Crippen LogP) is 0.643. The molecule has 2 aromatic rings. The number of methoxy groups -OCH3 is 1. The molecule has 0 atom stereocenters. The fourth-order valence-corrected chi connectivity index (χ4v) is 2.68. The Labute approximate surface area is 139 Å². The van der Waals surface area contributed by atoms with Crippen LogP contribution in [0.4, 0.5) is 5.82 Å². The van der Waals surface area contributed by atoms with Gasteiger partial charge >= 0.3 is 5.69 Å². The summed E-state index contributed by atoms with van der Waals surface area (Å²) in [7, 11) is 6.28. The maximum absolute atomic E-state index is 12.2. The summed E-state index contributed by atoms with van der Waals surface area (Å²) in [5.74, 6) is 1.10. The molecule has 0 spiro atoms. The highest BCUT2D eigenvalue weighted by Gasteiger charge is 2.18. The van der Waals surface area contributed by atoms with Crippen LogP contribution >= 0.6 is 0 Å². The number of nitrogens with zero attached hydrogens (tertiary/aromatic N) is 4. The lowest BCUT2D eigenvalue weighted by molar-refractivity contribution is 0.409. The number of rotatable bonds is 5. The first-order chi connectivity index (χ1) is 11.4. The summed E-state index contributed by atoms with van der Waals surface area (Å²) in [6.45, 7) is 0.523. The number of ether oxygens (including phenoxy) is 1. The van der Waals surface area contributed by atoms with Crippen molar-refractivity contribution in [2.45, 2.75) is 6.42 Å². The van der Waals surface area contributed by atoms with Gasteiger partial charge in [-0.15, -0.1) is 0 Å². The molecule has 126 valence electrons. The van der Waals surface area contributed by atoms with E-state index >= 15 is 0 Å². The van der Waals surface area contributed by atoms with Gasteiger partial charge in [0.1, 0.15) is 17.6 Å². The summed E-state index contributed by atoms with van der Waals surface area (Å²) < 4.78 is 7.59. The second-order valence-corrected chi connectivity index (χ2v) is 5.50. The summed E-state index contributed by atoms with van der Waals surface area (Å²) in [6.07, 6.45) is 0.648. The highest BCUT2D eigenvalue weighted by Crippen LogP contribution is 2.19. The van der Waals surface area contributed by atoms with Crippen molar-refractivity contribution in [2.75, 3.05) is 25.6 Å². The molecule has 0 saturated heterocycles. The molecular weight excluding hydrogens is 308 g/mol. The second-order valence-electron chi connectivity index (χ2n) is 5.50. The van der Waals surface area contributed by atoms with Crippen LogP contribution in [0, 0.1) is 11.3 Å². The summed E-state index contributed by atoms with van der Waals surface area (Å²) >= 11 is 0. The van der Waals surface area contributed by atoms with Gasteiger partial charge in [-0.25, -0.2) is 4.79 Å². The van der Waals surface area contributed by atoms with Crippen LogP contribution in [0.2, 0.25) is 0 Å². The summed E-state index contributed by atoms with van der Waals surface area (Å²) in [5, 5.41) is 9.33. The van der Waals surface area contributed by atoms with E-state index in [1.165, 1.54) is 11.6 Å². The van der Waals surface area contributed by atoms with Crippen LogP contribution < -0.4 is 20.9 Å². The lowest BCUT2D eigenvalue weighted by atomic mass is 10.1. The van der Waals surface area contributed by atoms with E-state index in [0.717, 1.165) is 15.9 Å². The third-order valence-corrected chi connectivity index (χ3v) is 4.02. The average Bonchev–Trinajstić information content (AvgIpc) is 2.60. The maximum Gasteiger partial charge on any atom is 0.332 e. The number of hydrogen-bond acceptors (Lipinski definition) is 5. The van der Waals surface area contributed by atoms with Crippen LogP contribution in [0.5, 0.6) is 5.75 Å². The minimum Gasteiger partial charge on any atom is -0.496 e. The van der Waals surface area contributed by atoms with E-state index in [2.05, 4.69) is 0 Å². The number of likely N-dealkylation sites (N-methyl/N-ethyl adjacent to an activating group) is 1. The van der Waals surface area contributed by atoms with E-state index in [-0.39, 0.29) is 5.56 Å². The zero-order valence-corrected chi connectivity index (χ0v) is 14.2. The van der Waals surface area contributed by atoms with Gasteiger partial charge in [-0.2, -0.15) is 5.26 Å². The van der Waals surface area contributed by atoms with Gasteiger partial charge in [0.25, 0.3) is 5.56 Å². The summed E-state index contributed by atoms with van der Waals surface area (Å²) in [6, 6.07) is 9.57. The third kappa shape index (κ3) is 3.04. The van der Waals surface area contributed by atoms with Crippen LogP contribution in [0.25, 0.3) is 0 Å². The fourth-order valence-electron chi connectivity index (χ4n) is 2.68. The Morgan fingerprint density at radius 1 is 1.21 bits per heavy atom. The maximum atomic E-state index is 12.2. The number of benzene rings is 1. The molecule has 24 heavy (non-hydrogen) atoms. The van der Waals surface area contributed by atoms with E-state index in [0.29, 0.717) is 18.8 Å². The van der Waals surface area contributed by atoms with Crippen LogP contribution in [-0.2, 0) is 20.5 Å². The fraction of sp³-hybridized carbons (Fsp3) is 0.353. The van der Waals surface area contributed by atoms with Gasteiger partial charge in [0.2, 0.25) is 0 Å². The van der Waals surface area contributed by atoms with Crippen molar-refractivity contribution < 1.29 is 4.74 Å². The number of anilines is 1. The average molecular weight is 328 g/mol. The topological polar surface area (TPSA) is 80.3 Å². The van der Waals surface area contributed by atoms with E-state index in [4.69, 9.17) is 4.74 Å². The zero-order valence-electron chi connectivity index (χ0n) is 14.2. The monoisotopic (exact) mass is 328 g/mol. The summed E-state index contributed by atoms with van der Waals surface area (Å²) in [5.41, 5.74) is -0.0702. The van der Waals surface area contributed by atoms with Gasteiger partial charge in [0, 0.05) is 27.7 Å². The first-order valence-electron chi connectivity index (χ1n) is 7.45. The van der Waals surface area contributed by atoms with Gasteiger partial charge < -0.3 is 9.64 Å². The number of aromatic nitrogens is 2. The molecule has 0 aliphatic heterocycles. The molecule has 1 heterocycles. The smallest absolute Gasteiger partial charge is 0.332 e. The largest absolute Gasteiger partial charge is 0.496 e. The molecule has 0 saturated carbocycles. The first-order valence-corrected chi connectivity index (χ1v) is 7.45. The Kier molecular flexibility index (Phi) is 5.09. The van der Waals surface area contributed by atoms with Crippen molar-refractivity contribution in [2.24, 2.45) is 14.1 Å². The van der Waals surface area contributed by atoms with Crippen molar-refractivity contribution >= 4 is 5.82 Å². The molecule has 1 aromatic carbocycles. The van der Waals surface area contributed by atoms with Crippen LogP contribution in [0.15, 0.2) is 33.9 Å². The van der Waals surface area contributed by atoms with Crippen molar-refractivity contribution in [3.05, 3.63) is 56.2 Å². The van der Waals surface area contributed by atoms with E-state index in [9.17, 15) is 14.9 Å². The molecule has 0 bridgehead atoms. The molecular formula is C17H20N4O3. The van der Waals surface area contributed by atoms with Crippen molar-refractivity contribution in [3.63, 3.8) is 0 Å². The highest BCUT2D eigenvalue weighted by molar-refractivity contribution is 5.53. The van der Waals surface area contributed by atoms with Gasteiger partial charge in [0.05, 0.1) is 7.11 Å². The van der Waals surface area contributed by atoms with Gasteiger partial charge in [-0.1, -0.05) is 18.2 Å². The van der Waals surface area contributed by atoms with Gasteiger partial charge in [-0.3, -0.25) is 13.9 Å². The Morgan fingerprint density at radius 3 is 2.50 bits per heavy atom. The van der Waals surface area contributed by atoms with Crippen molar-refractivity contribution in [1.29, 1.82) is 5.26 Å².